The molecule has 1 aliphatic rings. The quantitative estimate of drug-likeness (QED) is 0.718. The second kappa shape index (κ2) is 3.85. The van der Waals surface area contributed by atoms with Gasteiger partial charge in [0.2, 0.25) is 0 Å². The molecule has 0 atom stereocenters. The Morgan fingerprint density at radius 2 is 2.06 bits per heavy atom. The van der Waals surface area contributed by atoms with Crippen molar-refractivity contribution in [2.45, 2.75) is 20.8 Å². The molecule has 0 unspecified atom stereocenters. The van der Waals surface area contributed by atoms with Gasteiger partial charge in [-0.25, -0.2) is 0 Å². The average molecular weight is 218 g/mol. The van der Waals surface area contributed by atoms with E-state index in [1.54, 1.807) is 7.11 Å². The Hall–Kier alpha value is -1.44. The van der Waals surface area contributed by atoms with Crippen LogP contribution < -0.4 is 9.47 Å². The minimum atomic E-state index is 0.0636. The molecule has 1 aliphatic heterocycles. The van der Waals surface area contributed by atoms with E-state index in [9.17, 15) is 0 Å². The van der Waals surface area contributed by atoms with Crippen LogP contribution in [0.25, 0.3) is 5.57 Å². The zero-order valence-electron chi connectivity index (χ0n) is 10.3. The number of ether oxygens (including phenoxy) is 2. The molecule has 0 radical (unpaired) electrons. The molecule has 1 heterocycles. The molecule has 0 fully saturated rings. The lowest BCUT2D eigenvalue weighted by atomic mass is 9.91. The molecule has 0 saturated carbocycles. The third-order valence-electron chi connectivity index (χ3n) is 2.82. The van der Waals surface area contributed by atoms with Crippen LogP contribution in [0.3, 0.4) is 0 Å². The number of hydrogen-bond acceptors (Lipinski definition) is 2. The Morgan fingerprint density at radius 1 is 1.31 bits per heavy atom. The zero-order valence-corrected chi connectivity index (χ0v) is 10.3. The standard InChI is InChI=1S/C14H18O2/c1-10-8-14(2,3)9-16-13-11(10)6-5-7-12(13)15-4/h5-8H,9H2,1-4H3. The van der Waals surface area contributed by atoms with Gasteiger partial charge in [-0.2, -0.15) is 0 Å². The molecule has 0 aromatic heterocycles. The normalized spacial score (nSPS) is 17.9. The van der Waals surface area contributed by atoms with Gasteiger partial charge in [0.1, 0.15) is 0 Å². The molecule has 0 amide bonds. The van der Waals surface area contributed by atoms with E-state index < -0.39 is 0 Å². The van der Waals surface area contributed by atoms with Gasteiger partial charge >= 0.3 is 0 Å². The number of para-hydroxylation sites is 1. The first-order valence-electron chi connectivity index (χ1n) is 5.53. The Kier molecular flexibility index (Phi) is 2.66. The van der Waals surface area contributed by atoms with Gasteiger partial charge in [0.25, 0.3) is 0 Å². The molecule has 86 valence electrons. The van der Waals surface area contributed by atoms with Crippen LogP contribution in [0.1, 0.15) is 26.3 Å². The zero-order chi connectivity index (χ0) is 11.8. The molecule has 0 saturated heterocycles. The molecule has 0 aliphatic carbocycles. The highest BCUT2D eigenvalue weighted by molar-refractivity contribution is 5.73. The lowest BCUT2D eigenvalue weighted by molar-refractivity contribution is 0.216. The summed E-state index contributed by atoms with van der Waals surface area (Å²) >= 11 is 0. The summed E-state index contributed by atoms with van der Waals surface area (Å²) in [5.41, 5.74) is 2.44. The molecule has 0 bridgehead atoms. The highest BCUT2D eigenvalue weighted by Gasteiger charge is 2.23. The third-order valence-corrected chi connectivity index (χ3v) is 2.82. The highest BCUT2D eigenvalue weighted by Crippen LogP contribution is 2.40. The van der Waals surface area contributed by atoms with Crippen LogP contribution in [0.4, 0.5) is 0 Å². The van der Waals surface area contributed by atoms with E-state index >= 15 is 0 Å². The predicted molar refractivity (Wildman–Crippen MR) is 65.9 cm³/mol. The summed E-state index contributed by atoms with van der Waals surface area (Å²) in [4.78, 5) is 0. The summed E-state index contributed by atoms with van der Waals surface area (Å²) in [5, 5.41) is 0. The van der Waals surface area contributed by atoms with Gasteiger partial charge in [-0.1, -0.05) is 32.1 Å². The van der Waals surface area contributed by atoms with Gasteiger partial charge in [0, 0.05) is 11.0 Å². The summed E-state index contributed by atoms with van der Waals surface area (Å²) in [6, 6.07) is 6.01. The summed E-state index contributed by atoms with van der Waals surface area (Å²) < 4.78 is 11.2. The van der Waals surface area contributed by atoms with Crippen molar-refractivity contribution in [1.82, 2.24) is 0 Å². The van der Waals surface area contributed by atoms with Crippen LogP contribution in [0.15, 0.2) is 24.3 Å². The molecular weight excluding hydrogens is 200 g/mol. The average Bonchev–Trinajstić information content (AvgIpc) is 2.35. The summed E-state index contributed by atoms with van der Waals surface area (Å²) in [6.45, 7) is 7.15. The van der Waals surface area contributed by atoms with E-state index in [1.807, 2.05) is 12.1 Å². The maximum Gasteiger partial charge on any atom is 0.168 e. The van der Waals surface area contributed by atoms with E-state index in [1.165, 1.54) is 5.57 Å². The van der Waals surface area contributed by atoms with E-state index in [0.29, 0.717) is 6.61 Å². The fourth-order valence-corrected chi connectivity index (χ4v) is 2.10. The van der Waals surface area contributed by atoms with E-state index in [0.717, 1.165) is 17.1 Å². The van der Waals surface area contributed by atoms with Crippen LogP contribution in [0.5, 0.6) is 11.5 Å². The molecule has 1 aromatic carbocycles. The van der Waals surface area contributed by atoms with Crippen LogP contribution in [0, 0.1) is 5.41 Å². The lowest BCUT2D eigenvalue weighted by Gasteiger charge is -2.19. The first-order chi connectivity index (χ1) is 7.53. The number of allylic oxidation sites excluding steroid dienone is 1. The molecule has 2 nitrogen and oxygen atoms in total. The number of rotatable bonds is 1. The second-order valence-electron chi connectivity index (χ2n) is 4.94. The fourth-order valence-electron chi connectivity index (χ4n) is 2.10. The molecule has 0 spiro atoms. The minimum absolute atomic E-state index is 0.0636. The van der Waals surface area contributed by atoms with E-state index in [4.69, 9.17) is 9.47 Å². The molecule has 0 N–H and O–H groups in total. The third kappa shape index (κ3) is 1.92. The number of methoxy groups -OCH3 is 1. The van der Waals surface area contributed by atoms with Gasteiger partial charge < -0.3 is 9.47 Å². The van der Waals surface area contributed by atoms with Crippen molar-refractivity contribution in [3.8, 4) is 11.5 Å². The number of fused-ring (bicyclic) bond motifs is 1. The van der Waals surface area contributed by atoms with Crippen molar-refractivity contribution < 1.29 is 9.47 Å². The van der Waals surface area contributed by atoms with Crippen molar-refractivity contribution in [2.75, 3.05) is 13.7 Å². The maximum absolute atomic E-state index is 5.88. The molecule has 16 heavy (non-hydrogen) atoms. The second-order valence-corrected chi connectivity index (χ2v) is 4.94. The van der Waals surface area contributed by atoms with Crippen LogP contribution in [0.2, 0.25) is 0 Å². The van der Waals surface area contributed by atoms with Gasteiger partial charge in [-0.05, 0) is 18.6 Å². The Bertz CT molecular complexity index is 430. The maximum atomic E-state index is 5.88. The van der Waals surface area contributed by atoms with Crippen molar-refractivity contribution in [3.63, 3.8) is 0 Å². The SMILES string of the molecule is COc1cccc2c1OCC(C)(C)C=C2C. The largest absolute Gasteiger partial charge is 0.493 e. The van der Waals surface area contributed by atoms with Crippen LogP contribution in [-0.4, -0.2) is 13.7 Å². The predicted octanol–water partition coefficient (Wildman–Crippen LogP) is 3.52. The van der Waals surface area contributed by atoms with Crippen LogP contribution in [-0.2, 0) is 0 Å². The topological polar surface area (TPSA) is 18.5 Å². The van der Waals surface area contributed by atoms with Crippen molar-refractivity contribution >= 4 is 5.57 Å². The molecule has 2 heteroatoms. The van der Waals surface area contributed by atoms with Gasteiger partial charge in [0.05, 0.1) is 13.7 Å². The summed E-state index contributed by atoms with van der Waals surface area (Å²) in [5.74, 6) is 1.67. The first kappa shape index (κ1) is 11.1. The Labute approximate surface area is 96.9 Å². The Balaban J connectivity index is 2.54. The fraction of sp³-hybridized carbons (Fsp3) is 0.429. The highest BCUT2D eigenvalue weighted by atomic mass is 16.5. The monoisotopic (exact) mass is 218 g/mol. The van der Waals surface area contributed by atoms with Crippen LogP contribution >= 0.6 is 0 Å². The Morgan fingerprint density at radius 3 is 2.75 bits per heavy atom. The number of benzene rings is 1. The summed E-state index contributed by atoms with van der Waals surface area (Å²) in [7, 11) is 1.67. The van der Waals surface area contributed by atoms with Crippen molar-refractivity contribution in [2.24, 2.45) is 5.41 Å². The smallest absolute Gasteiger partial charge is 0.168 e. The molecule has 1 aromatic rings. The van der Waals surface area contributed by atoms with E-state index in [2.05, 4.69) is 32.9 Å². The van der Waals surface area contributed by atoms with Gasteiger partial charge in [0.15, 0.2) is 11.5 Å². The van der Waals surface area contributed by atoms with Crippen molar-refractivity contribution in [3.05, 3.63) is 29.8 Å². The van der Waals surface area contributed by atoms with Gasteiger partial charge in [-0.15, -0.1) is 0 Å². The summed E-state index contributed by atoms with van der Waals surface area (Å²) in [6.07, 6.45) is 2.26. The van der Waals surface area contributed by atoms with Gasteiger partial charge in [-0.3, -0.25) is 0 Å². The minimum Gasteiger partial charge on any atom is -0.493 e. The lowest BCUT2D eigenvalue weighted by Crippen LogP contribution is -2.17. The first-order valence-corrected chi connectivity index (χ1v) is 5.53. The van der Waals surface area contributed by atoms with Crippen molar-refractivity contribution in [1.29, 1.82) is 0 Å². The van der Waals surface area contributed by atoms with E-state index in [-0.39, 0.29) is 5.41 Å². The molecule has 2 rings (SSSR count). The molecular formula is C14H18O2. The number of hydrogen-bond donors (Lipinski definition) is 0.